The van der Waals surface area contributed by atoms with E-state index in [1.54, 1.807) is 19.1 Å². The van der Waals surface area contributed by atoms with Gasteiger partial charge >= 0.3 is 5.97 Å². The Morgan fingerprint density at radius 2 is 1.90 bits per heavy atom. The van der Waals surface area contributed by atoms with Crippen molar-refractivity contribution < 1.29 is 22.7 Å². The summed E-state index contributed by atoms with van der Waals surface area (Å²) in [5.41, 5.74) is 2.13. The Kier molecular flexibility index (Phi) is 5.20. The normalized spacial score (nSPS) is 13.8. The molecule has 0 saturated carbocycles. The van der Waals surface area contributed by atoms with Crippen molar-refractivity contribution in [2.24, 2.45) is 0 Å². The summed E-state index contributed by atoms with van der Waals surface area (Å²) in [5, 5.41) is 9.12. The van der Waals surface area contributed by atoms with Gasteiger partial charge in [-0.3, -0.25) is 0 Å². The second kappa shape index (κ2) is 7.56. The Bertz CT molecular complexity index is 1260. The van der Waals surface area contributed by atoms with Crippen molar-refractivity contribution in [3.63, 3.8) is 0 Å². The lowest BCUT2D eigenvalue weighted by molar-refractivity contribution is 0.0696. The number of fused-ring (bicyclic) bond motifs is 1. The molecule has 0 atom stereocenters. The first kappa shape index (κ1) is 20.6. The van der Waals surface area contributed by atoms with Gasteiger partial charge in [-0.25, -0.2) is 17.6 Å². The number of carboxylic acid groups (broad SMARTS) is 1. The average Bonchev–Trinajstić information content (AvgIpc) is 3.08. The van der Waals surface area contributed by atoms with Crippen LogP contribution in [0.2, 0.25) is 5.02 Å². The molecule has 3 aromatic rings. The van der Waals surface area contributed by atoms with Gasteiger partial charge in [0.1, 0.15) is 10.8 Å². The van der Waals surface area contributed by atoms with E-state index in [0.29, 0.717) is 18.4 Å². The van der Waals surface area contributed by atoms with Gasteiger partial charge in [0.2, 0.25) is 9.84 Å². The second-order valence-corrected chi connectivity index (χ2v) is 9.61. The molecule has 0 bridgehead atoms. The number of rotatable bonds is 4. The van der Waals surface area contributed by atoms with Crippen molar-refractivity contribution in [1.29, 1.82) is 0 Å². The SMILES string of the molecule is Cc1cccc(Cl)c1S(=O)(=O)c1[nH]c2c(c1-c1ccc(C(=O)O)cc1F)CCCC2. The lowest BCUT2D eigenvalue weighted by Crippen LogP contribution is -2.08. The minimum Gasteiger partial charge on any atom is -0.478 e. The molecule has 8 heteroatoms. The van der Waals surface area contributed by atoms with Crippen molar-refractivity contribution in [1.82, 2.24) is 4.98 Å². The van der Waals surface area contributed by atoms with E-state index < -0.39 is 21.6 Å². The number of carbonyl (C=O) groups is 1. The van der Waals surface area contributed by atoms with Crippen LogP contribution < -0.4 is 0 Å². The Morgan fingerprint density at radius 3 is 2.57 bits per heavy atom. The fourth-order valence-corrected chi connectivity index (χ4v) is 6.36. The van der Waals surface area contributed by atoms with Crippen LogP contribution in [0.1, 0.15) is 40.0 Å². The fourth-order valence-electron chi connectivity index (χ4n) is 4.05. The maximum Gasteiger partial charge on any atom is 0.335 e. The van der Waals surface area contributed by atoms with E-state index in [9.17, 15) is 17.6 Å². The Hall–Kier alpha value is -2.64. The van der Waals surface area contributed by atoms with Crippen molar-refractivity contribution >= 4 is 27.4 Å². The summed E-state index contributed by atoms with van der Waals surface area (Å²) in [6.45, 7) is 1.66. The van der Waals surface area contributed by atoms with E-state index >= 15 is 0 Å². The molecular weight excluding hydrogens is 429 g/mol. The van der Waals surface area contributed by atoms with Gasteiger partial charge in [-0.05, 0) is 61.9 Å². The third-order valence-corrected chi connectivity index (χ3v) is 7.80. The number of aromatic nitrogens is 1. The average molecular weight is 448 g/mol. The van der Waals surface area contributed by atoms with Crippen LogP contribution in [0.15, 0.2) is 46.3 Å². The highest BCUT2D eigenvalue weighted by molar-refractivity contribution is 7.91. The fraction of sp³-hybridized carbons (Fsp3) is 0.227. The molecule has 1 aromatic heterocycles. The van der Waals surface area contributed by atoms with Crippen LogP contribution in [-0.2, 0) is 22.7 Å². The highest BCUT2D eigenvalue weighted by Crippen LogP contribution is 2.42. The van der Waals surface area contributed by atoms with Gasteiger partial charge in [-0.2, -0.15) is 0 Å². The third kappa shape index (κ3) is 3.32. The van der Waals surface area contributed by atoms with Gasteiger partial charge in [0.05, 0.1) is 15.5 Å². The van der Waals surface area contributed by atoms with E-state index in [4.69, 9.17) is 16.7 Å². The molecule has 2 N–H and O–H groups in total. The number of aryl methyl sites for hydroxylation is 2. The summed E-state index contributed by atoms with van der Waals surface area (Å²) in [7, 11) is -4.09. The summed E-state index contributed by atoms with van der Waals surface area (Å²) in [6, 6.07) is 8.35. The van der Waals surface area contributed by atoms with Crippen molar-refractivity contribution in [3.05, 3.63) is 69.6 Å². The standard InChI is InChI=1S/C22H19ClFNO4S/c1-12-5-4-7-16(23)20(12)30(28,29)21-19(15-6-2-3-8-18(15)25-21)14-10-9-13(22(26)27)11-17(14)24/h4-5,7,9-11,25H,2-3,6,8H2,1H3,(H,26,27). The largest absolute Gasteiger partial charge is 0.478 e. The van der Waals surface area contributed by atoms with E-state index in [-0.39, 0.29) is 31.6 Å². The van der Waals surface area contributed by atoms with Gasteiger partial charge in [0, 0.05) is 16.8 Å². The lowest BCUT2D eigenvalue weighted by atomic mass is 9.92. The van der Waals surface area contributed by atoms with Crippen LogP contribution in [-0.4, -0.2) is 24.5 Å². The molecule has 4 rings (SSSR count). The van der Waals surface area contributed by atoms with Crippen LogP contribution in [0.3, 0.4) is 0 Å². The molecule has 1 heterocycles. The quantitative estimate of drug-likeness (QED) is 0.576. The number of hydrogen-bond donors (Lipinski definition) is 2. The smallest absolute Gasteiger partial charge is 0.335 e. The molecule has 0 aliphatic heterocycles. The van der Waals surface area contributed by atoms with Crippen LogP contribution in [0, 0.1) is 12.7 Å². The zero-order valence-electron chi connectivity index (χ0n) is 16.1. The first-order valence-electron chi connectivity index (χ1n) is 9.49. The summed E-state index contributed by atoms with van der Waals surface area (Å²) in [4.78, 5) is 14.2. The van der Waals surface area contributed by atoms with Crippen molar-refractivity contribution in [3.8, 4) is 11.1 Å². The van der Waals surface area contributed by atoms with Crippen LogP contribution in [0.4, 0.5) is 4.39 Å². The number of aromatic carboxylic acids is 1. The molecule has 30 heavy (non-hydrogen) atoms. The maximum atomic E-state index is 15.0. The zero-order valence-corrected chi connectivity index (χ0v) is 17.7. The van der Waals surface area contributed by atoms with Crippen LogP contribution in [0.5, 0.6) is 0 Å². The first-order chi connectivity index (χ1) is 14.2. The van der Waals surface area contributed by atoms with E-state index in [1.165, 1.54) is 18.2 Å². The molecule has 5 nitrogen and oxygen atoms in total. The van der Waals surface area contributed by atoms with Crippen LogP contribution >= 0.6 is 11.6 Å². The summed E-state index contributed by atoms with van der Waals surface area (Å²) in [5.74, 6) is -2.04. The molecular formula is C22H19ClFNO4S. The van der Waals surface area contributed by atoms with E-state index in [0.717, 1.165) is 30.2 Å². The topological polar surface area (TPSA) is 87.2 Å². The van der Waals surface area contributed by atoms with Gasteiger partial charge in [0.25, 0.3) is 0 Å². The van der Waals surface area contributed by atoms with E-state index in [2.05, 4.69) is 4.98 Å². The summed E-state index contributed by atoms with van der Waals surface area (Å²) in [6.07, 6.45) is 3.03. The molecule has 1 aliphatic rings. The number of benzene rings is 2. The number of nitrogens with one attached hydrogen (secondary N) is 1. The summed E-state index contributed by atoms with van der Waals surface area (Å²) < 4.78 is 42.3. The molecule has 0 amide bonds. The van der Waals surface area contributed by atoms with E-state index in [1.807, 2.05) is 0 Å². The Balaban J connectivity index is 2.01. The zero-order chi connectivity index (χ0) is 21.6. The Labute approximate surface area is 178 Å². The minimum atomic E-state index is -4.09. The number of hydrogen-bond acceptors (Lipinski definition) is 3. The highest BCUT2D eigenvalue weighted by atomic mass is 35.5. The number of aromatic amines is 1. The Morgan fingerprint density at radius 1 is 1.17 bits per heavy atom. The molecule has 0 spiro atoms. The highest BCUT2D eigenvalue weighted by Gasteiger charge is 2.33. The number of carboxylic acids is 1. The minimum absolute atomic E-state index is 0.0194. The van der Waals surface area contributed by atoms with Gasteiger partial charge < -0.3 is 10.1 Å². The first-order valence-corrected chi connectivity index (χ1v) is 11.3. The maximum absolute atomic E-state index is 15.0. The number of sulfone groups is 1. The molecule has 0 radical (unpaired) electrons. The van der Waals surface area contributed by atoms with Crippen molar-refractivity contribution in [2.75, 3.05) is 0 Å². The van der Waals surface area contributed by atoms with Gasteiger partial charge in [0.15, 0.2) is 0 Å². The molecule has 0 fully saturated rings. The molecule has 1 aliphatic carbocycles. The molecule has 0 saturated heterocycles. The predicted octanol–water partition coefficient (Wildman–Crippen LogP) is 5.19. The number of H-pyrrole nitrogens is 1. The number of halogens is 2. The predicted molar refractivity (Wildman–Crippen MR) is 111 cm³/mol. The lowest BCUT2D eigenvalue weighted by Gasteiger charge is -2.14. The van der Waals surface area contributed by atoms with Gasteiger partial charge in [-0.1, -0.05) is 29.8 Å². The molecule has 2 aromatic carbocycles. The monoisotopic (exact) mass is 447 g/mol. The van der Waals surface area contributed by atoms with Gasteiger partial charge in [-0.15, -0.1) is 0 Å². The molecule has 0 unspecified atom stereocenters. The van der Waals surface area contributed by atoms with Crippen molar-refractivity contribution in [2.45, 2.75) is 42.5 Å². The third-order valence-electron chi connectivity index (χ3n) is 5.45. The molecule has 156 valence electrons. The summed E-state index contributed by atoms with van der Waals surface area (Å²) >= 11 is 6.24. The van der Waals surface area contributed by atoms with Crippen LogP contribution in [0.25, 0.3) is 11.1 Å². The second-order valence-electron chi connectivity index (χ2n) is 7.38.